The predicted molar refractivity (Wildman–Crippen MR) is 69.6 cm³/mol. The normalized spacial score (nSPS) is 10.9. The van der Waals surface area contributed by atoms with E-state index in [2.05, 4.69) is 55.6 Å². The number of hydrogen-bond donors (Lipinski definition) is 0. The fourth-order valence-electron chi connectivity index (χ4n) is 1.30. The van der Waals surface area contributed by atoms with Crippen LogP contribution in [0.4, 0.5) is 0 Å². The van der Waals surface area contributed by atoms with Crippen LogP contribution < -0.4 is 0 Å². The molecule has 0 aliphatic heterocycles. The molecule has 0 saturated heterocycles. The standard InChI is InChI=1S/C9H10BrIN4/c1-2-14-4-7(3-12-14)5-15-6-8(10)9(11)13-15/h3-4,6H,2,5H2,1H3. The smallest absolute Gasteiger partial charge is 0.137 e. The van der Waals surface area contributed by atoms with Crippen LogP contribution >= 0.6 is 38.5 Å². The van der Waals surface area contributed by atoms with E-state index in [-0.39, 0.29) is 0 Å². The van der Waals surface area contributed by atoms with Crippen molar-refractivity contribution in [3.8, 4) is 0 Å². The molecule has 2 heterocycles. The second kappa shape index (κ2) is 4.65. The molecule has 0 aromatic carbocycles. The zero-order valence-electron chi connectivity index (χ0n) is 8.19. The Balaban J connectivity index is 2.14. The molecule has 0 saturated carbocycles. The lowest BCUT2D eigenvalue weighted by Crippen LogP contribution is -1.99. The van der Waals surface area contributed by atoms with Crippen LogP contribution in [0.3, 0.4) is 0 Å². The summed E-state index contributed by atoms with van der Waals surface area (Å²) in [4.78, 5) is 0. The SMILES string of the molecule is CCn1cc(Cn2cc(Br)c(I)n2)cn1. The average Bonchev–Trinajstić information content (AvgIpc) is 2.76. The van der Waals surface area contributed by atoms with Gasteiger partial charge >= 0.3 is 0 Å². The minimum Gasteiger partial charge on any atom is -0.273 e. The lowest BCUT2D eigenvalue weighted by atomic mass is 10.4. The number of halogens is 2. The lowest BCUT2D eigenvalue weighted by molar-refractivity contribution is 0.654. The summed E-state index contributed by atoms with van der Waals surface area (Å²) in [7, 11) is 0. The molecule has 0 unspecified atom stereocenters. The van der Waals surface area contributed by atoms with Crippen LogP contribution in [-0.4, -0.2) is 19.6 Å². The van der Waals surface area contributed by atoms with Crippen molar-refractivity contribution in [2.45, 2.75) is 20.0 Å². The molecule has 80 valence electrons. The quantitative estimate of drug-likeness (QED) is 0.767. The van der Waals surface area contributed by atoms with Gasteiger partial charge in [-0.15, -0.1) is 0 Å². The number of rotatable bonds is 3. The third-order valence-corrected chi connectivity index (χ3v) is 4.15. The molecular weight excluding hydrogens is 371 g/mol. The maximum absolute atomic E-state index is 4.36. The van der Waals surface area contributed by atoms with Crippen LogP contribution in [-0.2, 0) is 13.1 Å². The van der Waals surface area contributed by atoms with E-state index in [4.69, 9.17) is 0 Å². The van der Waals surface area contributed by atoms with Crippen molar-refractivity contribution in [3.63, 3.8) is 0 Å². The summed E-state index contributed by atoms with van der Waals surface area (Å²) < 4.78 is 5.84. The summed E-state index contributed by atoms with van der Waals surface area (Å²) in [6.07, 6.45) is 5.90. The predicted octanol–water partition coefficient (Wildman–Crippen LogP) is 2.51. The molecule has 6 heteroatoms. The Morgan fingerprint density at radius 3 is 2.73 bits per heavy atom. The topological polar surface area (TPSA) is 35.6 Å². The molecule has 0 atom stereocenters. The third kappa shape index (κ3) is 2.60. The first-order valence-corrected chi connectivity index (χ1v) is 6.46. The van der Waals surface area contributed by atoms with E-state index in [9.17, 15) is 0 Å². The van der Waals surface area contributed by atoms with E-state index < -0.39 is 0 Å². The van der Waals surface area contributed by atoms with Crippen LogP contribution in [0.15, 0.2) is 23.1 Å². The largest absolute Gasteiger partial charge is 0.273 e. The fraction of sp³-hybridized carbons (Fsp3) is 0.333. The summed E-state index contributed by atoms with van der Waals surface area (Å²) in [6, 6.07) is 0. The van der Waals surface area contributed by atoms with Crippen molar-refractivity contribution >= 4 is 38.5 Å². The van der Waals surface area contributed by atoms with Gasteiger partial charge in [0.25, 0.3) is 0 Å². The molecule has 0 N–H and O–H groups in total. The van der Waals surface area contributed by atoms with E-state index in [1.165, 1.54) is 5.56 Å². The Kier molecular flexibility index (Phi) is 3.45. The Morgan fingerprint density at radius 1 is 1.40 bits per heavy atom. The number of aromatic nitrogens is 4. The highest BCUT2D eigenvalue weighted by Crippen LogP contribution is 2.17. The van der Waals surface area contributed by atoms with Crippen molar-refractivity contribution in [1.82, 2.24) is 19.6 Å². The Bertz CT molecular complexity index is 443. The van der Waals surface area contributed by atoms with Crippen LogP contribution in [0.25, 0.3) is 0 Å². The van der Waals surface area contributed by atoms with Crippen LogP contribution in [0.2, 0.25) is 0 Å². The highest BCUT2D eigenvalue weighted by Gasteiger charge is 2.04. The van der Waals surface area contributed by atoms with E-state index in [0.29, 0.717) is 0 Å². The van der Waals surface area contributed by atoms with Gasteiger partial charge in [0.15, 0.2) is 0 Å². The summed E-state index contributed by atoms with van der Waals surface area (Å²) in [5, 5.41) is 8.58. The first-order valence-electron chi connectivity index (χ1n) is 4.59. The first kappa shape index (κ1) is 11.1. The second-order valence-corrected chi connectivity index (χ2v) is 5.05. The molecule has 0 aliphatic rings. The molecule has 0 bridgehead atoms. The number of hydrogen-bond acceptors (Lipinski definition) is 2. The fourth-order valence-corrected chi connectivity index (χ4v) is 2.03. The maximum Gasteiger partial charge on any atom is 0.137 e. The molecule has 15 heavy (non-hydrogen) atoms. The van der Waals surface area contributed by atoms with Gasteiger partial charge in [-0.2, -0.15) is 10.2 Å². The minimum atomic E-state index is 0.765. The van der Waals surface area contributed by atoms with Gasteiger partial charge in [-0.1, -0.05) is 0 Å². The van der Waals surface area contributed by atoms with E-state index >= 15 is 0 Å². The van der Waals surface area contributed by atoms with E-state index in [1.807, 2.05) is 28.0 Å². The molecule has 2 aromatic heterocycles. The highest BCUT2D eigenvalue weighted by atomic mass is 127. The molecule has 0 aliphatic carbocycles. The van der Waals surface area contributed by atoms with Crippen LogP contribution in [0.1, 0.15) is 12.5 Å². The first-order chi connectivity index (χ1) is 7.19. The summed E-state index contributed by atoms with van der Waals surface area (Å²) >= 11 is 5.64. The van der Waals surface area contributed by atoms with Crippen molar-refractivity contribution in [2.75, 3.05) is 0 Å². The molecule has 0 fully saturated rings. The third-order valence-electron chi connectivity index (χ3n) is 2.03. The average molecular weight is 381 g/mol. The van der Waals surface area contributed by atoms with Crippen molar-refractivity contribution < 1.29 is 0 Å². The van der Waals surface area contributed by atoms with Crippen LogP contribution in [0.5, 0.6) is 0 Å². The van der Waals surface area contributed by atoms with Gasteiger partial charge in [0.05, 0.1) is 17.2 Å². The van der Waals surface area contributed by atoms with Gasteiger partial charge in [-0.05, 0) is 45.4 Å². The van der Waals surface area contributed by atoms with Gasteiger partial charge in [0, 0.05) is 24.5 Å². The van der Waals surface area contributed by atoms with Crippen molar-refractivity contribution in [1.29, 1.82) is 0 Å². The van der Waals surface area contributed by atoms with E-state index in [0.717, 1.165) is 21.3 Å². The minimum absolute atomic E-state index is 0.765. The molecule has 4 nitrogen and oxygen atoms in total. The lowest BCUT2D eigenvalue weighted by Gasteiger charge is -1.96. The van der Waals surface area contributed by atoms with E-state index in [1.54, 1.807) is 0 Å². The Labute approximate surface area is 110 Å². The molecular formula is C9H10BrIN4. The highest BCUT2D eigenvalue weighted by molar-refractivity contribution is 14.1. The zero-order chi connectivity index (χ0) is 10.8. The van der Waals surface area contributed by atoms with Gasteiger partial charge in [0.2, 0.25) is 0 Å². The maximum atomic E-state index is 4.36. The summed E-state index contributed by atoms with van der Waals surface area (Å²) in [5.41, 5.74) is 1.17. The molecule has 0 amide bonds. The molecule has 2 rings (SSSR count). The van der Waals surface area contributed by atoms with Gasteiger partial charge in [-0.25, -0.2) is 0 Å². The van der Waals surface area contributed by atoms with Crippen LogP contribution in [0, 0.1) is 3.70 Å². The summed E-state index contributed by atoms with van der Waals surface area (Å²) in [6.45, 7) is 3.74. The molecule has 0 radical (unpaired) electrons. The van der Waals surface area contributed by atoms with Crippen molar-refractivity contribution in [3.05, 3.63) is 32.3 Å². The monoisotopic (exact) mass is 380 g/mol. The molecule has 0 spiro atoms. The number of nitrogens with zero attached hydrogens (tertiary/aromatic N) is 4. The second-order valence-electron chi connectivity index (χ2n) is 3.17. The van der Waals surface area contributed by atoms with Gasteiger partial charge in [-0.3, -0.25) is 9.36 Å². The Hall–Kier alpha value is -0.370. The molecule has 2 aromatic rings. The van der Waals surface area contributed by atoms with Gasteiger partial charge < -0.3 is 0 Å². The summed E-state index contributed by atoms with van der Waals surface area (Å²) in [5.74, 6) is 0. The number of aryl methyl sites for hydroxylation is 1. The van der Waals surface area contributed by atoms with Gasteiger partial charge in [0.1, 0.15) is 3.70 Å². The Morgan fingerprint density at radius 2 is 2.20 bits per heavy atom. The van der Waals surface area contributed by atoms with Crippen molar-refractivity contribution in [2.24, 2.45) is 0 Å². The zero-order valence-corrected chi connectivity index (χ0v) is 11.9.